The number of nitrogens with zero attached hydrogens (tertiary/aromatic N) is 4. The number of guanidine groups is 1. The summed E-state index contributed by atoms with van der Waals surface area (Å²) in [6, 6.07) is 8.63. The first-order valence-electron chi connectivity index (χ1n) is 12.8. The molecule has 0 saturated carbocycles. The predicted molar refractivity (Wildman–Crippen MR) is 148 cm³/mol. The number of piperazine rings is 1. The SMILES string of the molecule is COc1cc(N2CCN(C3=Nc4ccsc4[C@H](CC(=O)O)N3c3cc(C(F)(F)F)ccc3OC)C[C@H]2C)ccc1F. The largest absolute Gasteiger partial charge is 0.495 e. The molecule has 0 radical (unpaired) electrons. The second-order valence-corrected chi connectivity index (χ2v) is 10.7. The molecule has 218 valence electrons. The number of hydrogen-bond acceptors (Lipinski definition) is 8. The fourth-order valence-electron chi connectivity index (χ4n) is 5.33. The lowest BCUT2D eigenvalue weighted by Crippen LogP contribution is -2.58. The van der Waals surface area contributed by atoms with Gasteiger partial charge in [0.1, 0.15) is 5.75 Å². The average Bonchev–Trinajstić information content (AvgIpc) is 3.41. The van der Waals surface area contributed by atoms with Crippen LogP contribution in [0, 0.1) is 5.82 Å². The van der Waals surface area contributed by atoms with E-state index in [1.54, 1.807) is 28.5 Å². The Kier molecular flexibility index (Phi) is 7.73. The molecule has 5 rings (SSSR count). The standard InChI is InChI=1S/C28H28F4N4O4S/c1-16-15-34(9-10-35(16)18-5-6-19(29)24(13-18)40-3)27-33-20-8-11-41-26(20)22(14-25(37)38)36(27)21-12-17(28(30,31)32)4-7-23(21)39-2/h4-8,11-13,16,22H,9-10,14-15H2,1-3H3,(H,37,38)/t16-,22+/m1/s1. The number of carboxylic acid groups (broad SMARTS) is 1. The zero-order chi connectivity index (χ0) is 29.5. The molecular formula is C28H28F4N4O4S. The molecule has 0 unspecified atom stereocenters. The molecule has 2 atom stereocenters. The van der Waals surface area contributed by atoms with Gasteiger partial charge >= 0.3 is 12.1 Å². The normalized spacial score (nSPS) is 19.1. The number of aliphatic carboxylic acids is 1. The van der Waals surface area contributed by atoms with E-state index >= 15 is 0 Å². The van der Waals surface area contributed by atoms with Crippen LogP contribution < -0.4 is 19.3 Å². The van der Waals surface area contributed by atoms with Gasteiger partial charge in [-0.25, -0.2) is 9.38 Å². The van der Waals surface area contributed by atoms with E-state index in [4.69, 9.17) is 14.5 Å². The van der Waals surface area contributed by atoms with Gasteiger partial charge in [-0.1, -0.05) is 0 Å². The molecule has 2 aliphatic rings. The van der Waals surface area contributed by atoms with Gasteiger partial charge in [-0.15, -0.1) is 11.3 Å². The summed E-state index contributed by atoms with van der Waals surface area (Å²) in [4.78, 5) is 23.1. The topological polar surface area (TPSA) is 77.8 Å². The Morgan fingerprint density at radius 1 is 1.10 bits per heavy atom. The smallest absolute Gasteiger partial charge is 0.416 e. The number of ether oxygens (including phenoxy) is 2. The zero-order valence-electron chi connectivity index (χ0n) is 22.5. The van der Waals surface area contributed by atoms with Gasteiger partial charge < -0.3 is 24.4 Å². The summed E-state index contributed by atoms with van der Waals surface area (Å²) in [6.07, 6.45) is -4.99. The van der Waals surface area contributed by atoms with Crippen LogP contribution in [0.15, 0.2) is 52.8 Å². The highest BCUT2D eigenvalue weighted by Gasteiger charge is 2.41. The molecule has 13 heteroatoms. The molecule has 2 aliphatic heterocycles. The maximum Gasteiger partial charge on any atom is 0.416 e. The fraction of sp³-hybridized carbons (Fsp3) is 0.357. The maximum absolute atomic E-state index is 14.0. The van der Waals surface area contributed by atoms with E-state index in [2.05, 4.69) is 4.90 Å². The highest BCUT2D eigenvalue weighted by molar-refractivity contribution is 7.10. The highest BCUT2D eigenvalue weighted by atomic mass is 32.1. The Morgan fingerprint density at radius 3 is 2.51 bits per heavy atom. The van der Waals surface area contributed by atoms with E-state index in [9.17, 15) is 27.5 Å². The fourth-order valence-corrected chi connectivity index (χ4v) is 6.25. The molecule has 0 aliphatic carbocycles. The van der Waals surface area contributed by atoms with Gasteiger partial charge in [0.05, 0.1) is 48.5 Å². The summed E-state index contributed by atoms with van der Waals surface area (Å²) in [5, 5.41) is 11.6. The molecule has 8 nitrogen and oxygen atoms in total. The number of carbonyl (C=O) groups is 1. The summed E-state index contributed by atoms with van der Waals surface area (Å²) in [5.74, 6) is -0.956. The van der Waals surface area contributed by atoms with Gasteiger partial charge in [0.15, 0.2) is 11.6 Å². The number of anilines is 2. The first kappa shape index (κ1) is 28.5. The molecular weight excluding hydrogens is 564 g/mol. The minimum Gasteiger partial charge on any atom is -0.495 e. The third kappa shape index (κ3) is 5.50. The Balaban J connectivity index is 1.57. The quantitative estimate of drug-likeness (QED) is 0.344. The van der Waals surface area contributed by atoms with Gasteiger partial charge in [0.25, 0.3) is 0 Å². The van der Waals surface area contributed by atoms with Crippen molar-refractivity contribution in [3.05, 3.63) is 64.1 Å². The second-order valence-electron chi connectivity index (χ2n) is 9.76. The number of rotatable bonds is 6. The van der Waals surface area contributed by atoms with Crippen molar-refractivity contribution in [2.24, 2.45) is 4.99 Å². The van der Waals surface area contributed by atoms with Crippen molar-refractivity contribution < 1.29 is 36.9 Å². The lowest BCUT2D eigenvalue weighted by atomic mass is 10.0. The van der Waals surface area contributed by atoms with Crippen LogP contribution in [0.2, 0.25) is 0 Å². The number of hydrogen-bond donors (Lipinski definition) is 1. The van der Waals surface area contributed by atoms with Crippen molar-refractivity contribution in [1.82, 2.24) is 4.90 Å². The maximum atomic E-state index is 14.0. The highest BCUT2D eigenvalue weighted by Crippen LogP contribution is 2.47. The zero-order valence-corrected chi connectivity index (χ0v) is 23.3. The van der Waals surface area contributed by atoms with Crippen LogP contribution in [0.1, 0.15) is 29.8 Å². The van der Waals surface area contributed by atoms with Crippen LogP contribution in [0.4, 0.5) is 34.6 Å². The number of benzene rings is 2. The summed E-state index contributed by atoms with van der Waals surface area (Å²) < 4.78 is 66.1. The molecule has 3 aromatic rings. The number of fused-ring (bicyclic) bond motifs is 1. The number of aliphatic imine (C=N–C) groups is 1. The van der Waals surface area contributed by atoms with E-state index in [1.165, 1.54) is 37.7 Å². The Labute approximate surface area is 238 Å². The molecule has 1 fully saturated rings. The van der Waals surface area contributed by atoms with Crippen molar-refractivity contribution in [2.75, 3.05) is 43.7 Å². The lowest BCUT2D eigenvalue weighted by Gasteiger charge is -2.47. The number of thiophene rings is 1. The Morgan fingerprint density at radius 2 is 1.85 bits per heavy atom. The van der Waals surface area contributed by atoms with Crippen LogP contribution in [-0.4, -0.2) is 61.8 Å². The van der Waals surface area contributed by atoms with E-state index in [-0.39, 0.29) is 29.6 Å². The van der Waals surface area contributed by atoms with E-state index in [1.807, 2.05) is 11.8 Å². The van der Waals surface area contributed by atoms with Crippen LogP contribution in [0.5, 0.6) is 11.5 Å². The third-order valence-electron chi connectivity index (χ3n) is 7.23. The van der Waals surface area contributed by atoms with Crippen LogP contribution in [0.25, 0.3) is 0 Å². The van der Waals surface area contributed by atoms with Crippen LogP contribution in [-0.2, 0) is 11.0 Å². The Hall–Kier alpha value is -4.00. The van der Waals surface area contributed by atoms with Gasteiger partial charge in [-0.2, -0.15) is 13.2 Å². The van der Waals surface area contributed by atoms with E-state index in [0.29, 0.717) is 36.2 Å². The molecule has 3 heterocycles. The number of carboxylic acids is 1. The summed E-state index contributed by atoms with van der Waals surface area (Å²) >= 11 is 1.30. The lowest BCUT2D eigenvalue weighted by molar-refractivity contribution is -0.138. The van der Waals surface area contributed by atoms with Crippen LogP contribution >= 0.6 is 11.3 Å². The van der Waals surface area contributed by atoms with Crippen molar-refractivity contribution in [3.8, 4) is 11.5 Å². The van der Waals surface area contributed by atoms with Crippen molar-refractivity contribution in [2.45, 2.75) is 31.6 Å². The molecule has 1 aromatic heterocycles. The first-order chi connectivity index (χ1) is 19.5. The molecule has 1 N–H and O–H groups in total. The van der Waals surface area contributed by atoms with E-state index in [0.717, 1.165) is 17.8 Å². The number of methoxy groups -OCH3 is 2. The number of alkyl halides is 3. The van der Waals surface area contributed by atoms with Crippen molar-refractivity contribution in [1.29, 1.82) is 0 Å². The van der Waals surface area contributed by atoms with Gasteiger partial charge in [-0.05, 0) is 48.7 Å². The predicted octanol–water partition coefficient (Wildman–Crippen LogP) is 6.16. The summed E-state index contributed by atoms with van der Waals surface area (Å²) in [5.41, 5.74) is 0.532. The van der Waals surface area contributed by atoms with Crippen molar-refractivity contribution >= 4 is 40.3 Å². The summed E-state index contributed by atoms with van der Waals surface area (Å²) in [7, 11) is 2.75. The minimum atomic E-state index is -4.62. The molecule has 2 aromatic carbocycles. The number of halogens is 4. The molecule has 0 amide bonds. The third-order valence-corrected chi connectivity index (χ3v) is 8.24. The van der Waals surface area contributed by atoms with E-state index < -0.39 is 29.6 Å². The first-order valence-corrected chi connectivity index (χ1v) is 13.7. The van der Waals surface area contributed by atoms with Gasteiger partial charge in [0.2, 0.25) is 5.96 Å². The average molecular weight is 593 g/mol. The summed E-state index contributed by atoms with van der Waals surface area (Å²) in [6.45, 7) is 3.30. The second kappa shape index (κ2) is 11.1. The molecule has 41 heavy (non-hydrogen) atoms. The molecule has 0 spiro atoms. The van der Waals surface area contributed by atoms with Crippen LogP contribution in [0.3, 0.4) is 0 Å². The van der Waals surface area contributed by atoms with Gasteiger partial charge in [0, 0.05) is 37.4 Å². The molecule has 1 saturated heterocycles. The van der Waals surface area contributed by atoms with Crippen molar-refractivity contribution in [3.63, 3.8) is 0 Å². The van der Waals surface area contributed by atoms with Gasteiger partial charge in [-0.3, -0.25) is 9.69 Å². The molecule has 0 bridgehead atoms. The Bertz CT molecular complexity index is 1480. The monoisotopic (exact) mass is 592 g/mol. The minimum absolute atomic E-state index is 0.0738.